The fourth-order valence-electron chi connectivity index (χ4n) is 1.11. The lowest BCUT2D eigenvalue weighted by Crippen LogP contribution is -2.10. The van der Waals surface area contributed by atoms with Gasteiger partial charge in [0, 0.05) is 5.41 Å². The van der Waals surface area contributed by atoms with E-state index in [9.17, 15) is 4.79 Å². The Morgan fingerprint density at radius 2 is 1.86 bits per heavy atom. The van der Waals surface area contributed by atoms with E-state index in [0.717, 1.165) is 12.7 Å². The van der Waals surface area contributed by atoms with Crippen LogP contribution in [0.1, 0.15) is 25.8 Å². The molecule has 14 heavy (non-hydrogen) atoms. The van der Waals surface area contributed by atoms with Crippen molar-refractivity contribution in [3.63, 3.8) is 0 Å². The zero-order chi connectivity index (χ0) is 10.4. The summed E-state index contributed by atoms with van der Waals surface area (Å²) in [7, 11) is 0. The Hall–Kier alpha value is -1.37. The van der Waals surface area contributed by atoms with Crippen molar-refractivity contribution in [3.8, 4) is 0 Å². The number of hydrogen-bond acceptors (Lipinski definition) is 1. The molecule has 1 rings (SSSR count). The highest BCUT2D eigenvalue weighted by Crippen LogP contribution is 2.17. The first-order valence-corrected chi connectivity index (χ1v) is 4.82. The maximum absolute atomic E-state index is 10.6. The van der Waals surface area contributed by atoms with E-state index < -0.39 is 0 Å². The zero-order valence-corrected chi connectivity index (χ0v) is 8.73. The van der Waals surface area contributed by atoms with E-state index in [4.69, 9.17) is 0 Å². The molecule has 0 aliphatic rings. The summed E-state index contributed by atoms with van der Waals surface area (Å²) in [5, 5.41) is 0. The average molecular weight is 188 g/mol. The Morgan fingerprint density at radius 3 is 2.43 bits per heavy atom. The lowest BCUT2D eigenvalue weighted by molar-refractivity contribution is -0.114. The van der Waals surface area contributed by atoms with Crippen LogP contribution in [0.4, 0.5) is 0 Å². The minimum Gasteiger partial charge on any atom is -0.303 e. The topological polar surface area (TPSA) is 17.1 Å². The van der Waals surface area contributed by atoms with Gasteiger partial charge in [0.15, 0.2) is 0 Å². The van der Waals surface area contributed by atoms with Crippen LogP contribution in [-0.4, -0.2) is 6.29 Å². The van der Waals surface area contributed by atoms with Crippen molar-refractivity contribution in [3.05, 3.63) is 42.0 Å². The largest absolute Gasteiger partial charge is 0.303 e. The van der Waals surface area contributed by atoms with E-state index >= 15 is 0 Å². The molecule has 1 aromatic carbocycles. The Kier molecular flexibility index (Phi) is 3.63. The predicted octanol–water partition coefficient (Wildman–Crippen LogP) is 3.32. The number of hydrogen-bond donors (Lipinski definition) is 0. The van der Waals surface area contributed by atoms with E-state index in [2.05, 4.69) is 0 Å². The molecule has 0 saturated heterocycles. The van der Waals surface area contributed by atoms with Crippen molar-refractivity contribution in [1.82, 2.24) is 0 Å². The lowest BCUT2D eigenvalue weighted by atomic mass is 9.91. The number of carbonyl (C=O) groups is 1. The molecule has 0 amide bonds. The molecule has 74 valence electrons. The van der Waals surface area contributed by atoms with Crippen LogP contribution in [-0.2, 0) is 4.79 Å². The molecular formula is C13H16O. The molecule has 1 nitrogen and oxygen atoms in total. The molecule has 1 aromatic rings. The molecule has 0 aromatic heterocycles. The standard InChI is InChI=1S/C13H16O/c1-13(2,11-14)10-6-9-12-7-4-3-5-8-12/h3-9,11H,10H2,1-2H3. The lowest BCUT2D eigenvalue weighted by Gasteiger charge is -2.12. The van der Waals surface area contributed by atoms with Crippen LogP contribution in [0.3, 0.4) is 0 Å². The van der Waals surface area contributed by atoms with Gasteiger partial charge in [-0.15, -0.1) is 0 Å². The van der Waals surface area contributed by atoms with Gasteiger partial charge in [0.1, 0.15) is 6.29 Å². The van der Waals surface area contributed by atoms with E-state index in [0.29, 0.717) is 0 Å². The Balaban J connectivity index is 2.54. The van der Waals surface area contributed by atoms with E-state index in [1.54, 1.807) is 0 Å². The molecule has 0 unspecified atom stereocenters. The number of carbonyl (C=O) groups excluding carboxylic acids is 1. The summed E-state index contributed by atoms with van der Waals surface area (Å²) >= 11 is 0. The summed E-state index contributed by atoms with van der Waals surface area (Å²) in [5.74, 6) is 0. The second kappa shape index (κ2) is 4.75. The van der Waals surface area contributed by atoms with Crippen LogP contribution < -0.4 is 0 Å². The van der Waals surface area contributed by atoms with Crippen LogP contribution in [0.2, 0.25) is 0 Å². The number of rotatable bonds is 4. The molecule has 1 heteroatoms. The van der Waals surface area contributed by atoms with E-state index in [1.807, 2.05) is 56.3 Å². The first-order valence-electron chi connectivity index (χ1n) is 4.82. The van der Waals surface area contributed by atoms with Gasteiger partial charge in [-0.3, -0.25) is 0 Å². The molecule has 0 aliphatic heterocycles. The summed E-state index contributed by atoms with van der Waals surface area (Å²) in [5.41, 5.74) is 0.930. The van der Waals surface area contributed by atoms with Gasteiger partial charge < -0.3 is 4.79 Å². The zero-order valence-electron chi connectivity index (χ0n) is 8.73. The molecule has 0 spiro atoms. The van der Waals surface area contributed by atoms with E-state index in [-0.39, 0.29) is 5.41 Å². The van der Waals surface area contributed by atoms with Gasteiger partial charge >= 0.3 is 0 Å². The highest BCUT2D eigenvalue weighted by Gasteiger charge is 2.13. The third-order valence-corrected chi connectivity index (χ3v) is 2.07. The predicted molar refractivity (Wildman–Crippen MR) is 59.9 cm³/mol. The van der Waals surface area contributed by atoms with Crippen molar-refractivity contribution in [2.24, 2.45) is 5.41 Å². The number of allylic oxidation sites excluding steroid dienone is 1. The summed E-state index contributed by atoms with van der Waals surface area (Å²) in [6.45, 7) is 3.88. The monoisotopic (exact) mass is 188 g/mol. The summed E-state index contributed by atoms with van der Waals surface area (Å²) < 4.78 is 0. The fourth-order valence-corrected chi connectivity index (χ4v) is 1.11. The van der Waals surface area contributed by atoms with Crippen molar-refractivity contribution >= 4 is 12.4 Å². The number of benzene rings is 1. The SMILES string of the molecule is CC(C)(C=O)CC=Cc1ccccc1. The quantitative estimate of drug-likeness (QED) is 0.662. The minimum absolute atomic E-state index is 0.245. The molecule has 0 N–H and O–H groups in total. The summed E-state index contributed by atoms with van der Waals surface area (Å²) in [6.07, 6.45) is 5.88. The highest BCUT2D eigenvalue weighted by molar-refractivity contribution is 5.59. The van der Waals surface area contributed by atoms with Gasteiger partial charge in [-0.25, -0.2) is 0 Å². The van der Waals surface area contributed by atoms with Gasteiger partial charge in [-0.1, -0.05) is 56.3 Å². The average Bonchev–Trinajstić information content (AvgIpc) is 2.19. The smallest absolute Gasteiger partial charge is 0.125 e. The van der Waals surface area contributed by atoms with Crippen LogP contribution in [0.5, 0.6) is 0 Å². The van der Waals surface area contributed by atoms with Crippen molar-refractivity contribution in [2.45, 2.75) is 20.3 Å². The van der Waals surface area contributed by atoms with E-state index in [1.165, 1.54) is 5.56 Å². The van der Waals surface area contributed by atoms with Crippen LogP contribution >= 0.6 is 0 Å². The van der Waals surface area contributed by atoms with Crippen molar-refractivity contribution in [1.29, 1.82) is 0 Å². The van der Waals surface area contributed by atoms with Crippen LogP contribution in [0, 0.1) is 5.41 Å². The minimum atomic E-state index is -0.245. The molecule has 0 fully saturated rings. The van der Waals surface area contributed by atoms with Gasteiger partial charge in [-0.2, -0.15) is 0 Å². The Morgan fingerprint density at radius 1 is 1.21 bits per heavy atom. The molecule has 0 aliphatic carbocycles. The third kappa shape index (κ3) is 3.56. The second-order valence-electron chi connectivity index (χ2n) is 4.12. The van der Waals surface area contributed by atoms with Crippen LogP contribution in [0.25, 0.3) is 6.08 Å². The molecule has 0 heterocycles. The Labute approximate surface area is 85.5 Å². The maximum Gasteiger partial charge on any atom is 0.125 e. The van der Waals surface area contributed by atoms with Crippen LogP contribution in [0.15, 0.2) is 36.4 Å². The van der Waals surface area contributed by atoms with Gasteiger partial charge in [-0.05, 0) is 12.0 Å². The summed E-state index contributed by atoms with van der Waals surface area (Å²) in [4.78, 5) is 10.6. The molecule has 0 radical (unpaired) electrons. The molecule has 0 bridgehead atoms. The van der Waals surface area contributed by atoms with Crippen molar-refractivity contribution in [2.75, 3.05) is 0 Å². The highest BCUT2D eigenvalue weighted by atomic mass is 16.1. The molecule has 0 atom stereocenters. The molecule has 0 saturated carbocycles. The van der Waals surface area contributed by atoms with Gasteiger partial charge in [0.25, 0.3) is 0 Å². The first kappa shape index (κ1) is 10.7. The fraction of sp³-hybridized carbons (Fsp3) is 0.308. The van der Waals surface area contributed by atoms with Gasteiger partial charge in [0.2, 0.25) is 0 Å². The second-order valence-corrected chi connectivity index (χ2v) is 4.12. The summed E-state index contributed by atoms with van der Waals surface area (Å²) in [6, 6.07) is 10.1. The third-order valence-electron chi connectivity index (χ3n) is 2.07. The number of aldehydes is 1. The first-order chi connectivity index (χ1) is 6.64. The maximum atomic E-state index is 10.6. The normalized spacial score (nSPS) is 11.9. The van der Waals surface area contributed by atoms with Crippen molar-refractivity contribution < 1.29 is 4.79 Å². The van der Waals surface area contributed by atoms with Gasteiger partial charge in [0.05, 0.1) is 0 Å². The molecular weight excluding hydrogens is 172 g/mol. The Bertz CT molecular complexity index is 309.